The van der Waals surface area contributed by atoms with Crippen LogP contribution in [0.5, 0.6) is 0 Å². The molecule has 0 atom stereocenters. The quantitative estimate of drug-likeness (QED) is 0.476. The topological polar surface area (TPSA) is 64.8 Å². The third-order valence-corrected chi connectivity index (χ3v) is 3.55. The second-order valence-corrected chi connectivity index (χ2v) is 4.88. The number of rotatable bonds is 2. The van der Waals surface area contributed by atoms with Crippen molar-refractivity contribution in [1.82, 2.24) is 0 Å². The molecule has 0 aliphatic carbocycles. The molecule has 1 fully saturated rings. The summed E-state index contributed by atoms with van der Waals surface area (Å²) in [5.74, 6) is 0. The number of hydrogen-bond acceptors (Lipinski definition) is 5. The van der Waals surface area contributed by atoms with E-state index in [1.54, 1.807) is 0 Å². The first kappa shape index (κ1) is 15.0. The lowest BCUT2D eigenvalue weighted by atomic mass is 10.0. The number of benzene rings is 1. The first-order valence-electron chi connectivity index (χ1n) is 6.34. The molecule has 1 aromatic rings. The maximum atomic E-state index is 13.6. The molecular weight excluding hydrogens is 312 g/mol. The lowest BCUT2D eigenvalue weighted by Gasteiger charge is -2.28. The summed E-state index contributed by atoms with van der Waals surface area (Å²) in [6.07, 6.45) is -8.47. The van der Waals surface area contributed by atoms with Crippen LogP contribution in [0.2, 0.25) is 0 Å². The Morgan fingerprint density at radius 1 is 1.09 bits per heavy atom. The minimum atomic E-state index is -4.27. The molecule has 1 saturated heterocycles. The van der Waals surface area contributed by atoms with Crippen molar-refractivity contribution in [3.63, 3.8) is 0 Å². The van der Waals surface area contributed by atoms with Crippen LogP contribution in [0, 0.1) is 10.1 Å². The van der Waals surface area contributed by atoms with Crippen LogP contribution in [-0.2, 0) is 21.7 Å². The predicted octanol–water partition coefficient (Wildman–Crippen LogP) is 2.56. The predicted molar refractivity (Wildman–Crippen MR) is 65.0 cm³/mol. The average molecular weight is 322 g/mol. The Labute approximate surface area is 121 Å². The second kappa shape index (κ2) is 4.78. The van der Waals surface area contributed by atoms with Gasteiger partial charge in [0.2, 0.25) is 0 Å². The van der Waals surface area contributed by atoms with Gasteiger partial charge in [-0.05, 0) is 6.07 Å². The maximum absolute atomic E-state index is 13.6. The Balaban J connectivity index is 2.17. The van der Waals surface area contributed by atoms with E-state index in [2.05, 4.69) is 4.74 Å². The van der Waals surface area contributed by atoms with Crippen LogP contribution in [0.3, 0.4) is 0 Å². The van der Waals surface area contributed by atoms with E-state index in [1.165, 1.54) is 4.90 Å². The Bertz CT molecular complexity index is 632. The van der Waals surface area contributed by atoms with Gasteiger partial charge < -0.3 is 9.64 Å². The lowest BCUT2D eigenvalue weighted by molar-refractivity contribution is -0.384. The van der Waals surface area contributed by atoms with Crippen molar-refractivity contribution < 1.29 is 32.0 Å². The third-order valence-electron chi connectivity index (χ3n) is 3.55. The van der Waals surface area contributed by atoms with Crippen LogP contribution >= 0.6 is 0 Å². The highest BCUT2D eigenvalue weighted by molar-refractivity contribution is 5.68. The van der Waals surface area contributed by atoms with Gasteiger partial charge in [-0.15, -0.1) is 0 Å². The third kappa shape index (κ3) is 2.28. The molecule has 2 aliphatic heterocycles. The average Bonchev–Trinajstić information content (AvgIpc) is 2.63. The Kier molecular flexibility index (Phi) is 3.25. The van der Waals surface area contributed by atoms with Crippen LogP contribution in [0.1, 0.15) is 11.1 Å². The van der Waals surface area contributed by atoms with E-state index in [9.17, 15) is 27.7 Å². The zero-order valence-electron chi connectivity index (χ0n) is 11.0. The molecule has 0 aromatic heterocycles. The number of halogens is 4. The normalized spacial score (nSPS) is 22.5. The van der Waals surface area contributed by atoms with E-state index < -0.39 is 34.0 Å². The Morgan fingerprint density at radius 2 is 1.64 bits per heavy atom. The summed E-state index contributed by atoms with van der Waals surface area (Å²) in [5, 5.41) is 11.1. The van der Waals surface area contributed by atoms with Crippen molar-refractivity contribution in [3.05, 3.63) is 33.4 Å². The van der Waals surface area contributed by atoms with Gasteiger partial charge in [-0.1, -0.05) is 0 Å². The zero-order chi connectivity index (χ0) is 16.1. The summed E-state index contributed by atoms with van der Waals surface area (Å²) in [6.45, 7) is 0.999. The summed E-state index contributed by atoms with van der Waals surface area (Å²) < 4.78 is 62.7. The van der Waals surface area contributed by atoms with Gasteiger partial charge in [-0.2, -0.15) is 17.6 Å². The maximum Gasteiger partial charge on any atom is 0.388 e. The summed E-state index contributed by atoms with van der Waals surface area (Å²) in [7, 11) is 0. The molecule has 0 N–H and O–H groups in total. The van der Waals surface area contributed by atoms with Crippen molar-refractivity contribution >= 4 is 11.4 Å². The van der Waals surface area contributed by atoms with Crippen molar-refractivity contribution in [3.8, 4) is 0 Å². The fraction of sp³-hybridized carbons (Fsp3) is 0.500. The second-order valence-electron chi connectivity index (χ2n) is 4.88. The van der Waals surface area contributed by atoms with E-state index >= 15 is 0 Å². The Morgan fingerprint density at radius 3 is 2.18 bits per heavy atom. The molecule has 2 heterocycles. The molecule has 2 aliphatic rings. The largest absolute Gasteiger partial charge is 0.388 e. The molecule has 1 aromatic carbocycles. The van der Waals surface area contributed by atoms with E-state index in [0.29, 0.717) is 12.1 Å². The minimum Gasteiger partial charge on any atom is -0.378 e. The molecular formula is C12H10F4N2O4. The highest BCUT2D eigenvalue weighted by Crippen LogP contribution is 2.53. The highest BCUT2D eigenvalue weighted by Gasteiger charge is 2.58. The molecule has 3 rings (SSSR count). The molecule has 0 saturated carbocycles. The molecule has 0 amide bonds. The minimum absolute atomic E-state index is 0.145. The fourth-order valence-corrected chi connectivity index (χ4v) is 2.53. The number of anilines is 1. The number of nitro benzene ring substituents is 1. The number of ether oxygens (including phenoxy) is 2. The van der Waals surface area contributed by atoms with Crippen molar-refractivity contribution in [2.24, 2.45) is 0 Å². The molecule has 120 valence electrons. The van der Waals surface area contributed by atoms with Crippen molar-refractivity contribution in [2.45, 2.75) is 12.2 Å². The van der Waals surface area contributed by atoms with Crippen LogP contribution in [0.15, 0.2) is 12.1 Å². The number of hydrogen-bond donors (Lipinski definition) is 0. The number of nitro groups is 1. The highest BCUT2D eigenvalue weighted by atomic mass is 19.3. The number of morpholine rings is 1. The van der Waals surface area contributed by atoms with E-state index in [0.717, 1.165) is 0 Å². The van der Waals surface area contributed by atoms with E-state index in [4.69, 9.17) is 4.74 Å². The van der Waals surface area contributed by atoms with Crippen LogP contribution < -0.4 is 4.90 Å². The van der Waals surface area contributed by atoms with Gasteiger partial charge in [0, 0.05) is 19.2 Å². The van der Waals surface area contributed by atoms with Gasteiger partial charge in [-0.25, -0.2) is 4.74 Å². The van der Waals surface area contributed by atoms with E-state index in [-0.39, 0.29) is 32.0 Å². The summed E-state index contributed by atoms with van der Waals surface area (Å²) in [6, 6.07) is 1.17. The van der Waals surface area contributed by atoms with Gasteiger partial charge in [0.1, 0.15) is 5.69 Å². The summed E-state index contributed by atoms with van der Waals surface area (Å²) in [4.78, 5) is 11.7. The Hall–Kier alpha value is -1.94. The van der Waals surface area contributed by atoms with Crippen LogP contribution in [-0.4, -0.2) is 31.2 Å². The SMILES string of the molecule is O=[N+]([O-])c1cc2c(cc1N1CCOCC1)C(F)(F)OC2(F)F. The van der Waals surface area contributed by atoms with Crippen LogP contribution in [0.25, 0.3) is 0 Å². The van der Waals surface area contributed by atoms with E-state index in [1.807, 2.05) is 0 Å². The van der Waals surface area contributed by atoms with Crippen molar-refractivity contribution in [1.29, 1.82) is 0 Å². The molecule has 0 bridgehead atoms. The fourth-order valence-electron chi connectivity index (χ4n) is 2.53. The monoisotopic (exact) mass is 322 g/mol. The number of fused-ring (bicyclic) bond motifs is 1. The zero-order valence-corrected chi connectivity index (χ0v) is 11.0. The molecule has 0 spiro atoms. The number of alkyl halides is 4. The van der Waals surface area contributed by atoms with Crippen molar-refractivity contribution in [2.75, 3.05) is 31.2 Å². The molecule has 0 radical (unpaired) electrons. The van der Waals surface area contributed by atoms with Gasteiger partial charge in [0.05, 0.1) is 29.3 Å². The van der Waals surface area contributed by atoms with Gasteiger partial charge in [0.15, 0.2) is 0 Å². The summed E-state index contributed by atoms with van der Waals surface area (Å²) >= 11 is 0. The van der Waals surface area contributed by atoms with Gasteiger partial charge in [-0.3, -0.25) is 10.1 Å². The molecule has 10 heteroatoms. The standard InChI is InChI=1S/C12H10F4N2O4/c13-11(14)7-5-9(17-1-3-21-4-2-17)10(18(19)20)6-8(7)12(15,16)22-11/h5-6H,1-4H2. The van der Waals surface area contributed by atoms with Gasteiger partial charge >= 0.3 is 12.2 Å². The molecule has 22 heavy (non-hydrogen) atoms. The smallest absolute Gasteiger partial charge is 0.378 e. The first-order valence-corrected chi connectivity index (χ1v) is 6.34. The number of nitrogens with zero attached hydrogens (tertiary/aromatic N) is 2. The lowest BCUT2D eigenvalue weighted by Crippen LogP contribution is -2.36. The first-order chi connectivity index (χ1) is 10.2. The molecule has 0 unspecified atom stereocenters. The summed E-state index contributed by atoms with van der Waals surface area (Å²) in [5.41, 5.74) is -3.04. The molecule has 6 nitrogen and oxygen atoms in total. The van der Waals surface area contributed by atoms with Crippen LogP contribution in [0.4, 0.5) is 28.9 Å². The van der Waals surface area contributed by atoms with Gasteiger partial charge in [0.25, 0.3) is 5.69 Å².